The van der Waals surface area contributed by atoms with Gasteiger partial charge in [-0.3, -0.25) is 0 Å². The monoisotopic (exact) mass is 482 g/mol. The van der Waals surface area contributed by atoms with Gasteiger partial charge in [-0.05, 0) is 30.2 Å². The van der Waals surface area contributed by atoms with Gasteiger partial charge in [0.2, 0.25) is 0 Å². The number of aryl methyl sites for hydroxylation is 1. The fourth-order valence-corrected chi connectivity index (χ4v) is 4.69. The first-order valence-corrected chi connectivity index (χ1v) is 12.3. The minimum absolute atomic E-state index is 0.0110. The molecule has 1 aliphatic rings. The van der Waals surface area contributed by atoms with Gasteiger partial charge in [0.1, 0.15) is 0 Å². The first kappa shape index (κ1) is 24.3. The molecule has 1 aliphatic heterocycles. The van der Waals surface area contributed by atoms with Crippen molar-refractivity contribution in [1.29, 1.82) is 0 Å². The van der Waals surface area contributed by atoms with E-state index in [2.05, 4.69) is 15.6 Å². The predicted octanol–water partition coefficient (Wildman–Crippen LogP) is 4.39. The minimum atomic E-state index is -0.540. The summed E-state index contributed by atoms with van der Waals surface area (Å²) in [5, 5.41) is 15.8. The van der Waals surface area contributed by atoms with E-state index in [-0.39, 0.29) is 24.8 Å². The van der Waals surface area contributed by atoms with Crippen LogP contribution in [0.15, 0.2) is 66.1 Å². The molecule has 0 radical (unpaired) electrons. The Morgan fingerprint density at radius 2 is 1.88 bits per heavy atom. The number of thioether (sulfide) groups is 1. The van der Waals surface area contributed by atoms with Crippen molar-refractivity contribution in [2.24, 2.45) is 7.05 Å². The average molecular weight is 483 g/mol. The fourth-order valence-electron chi connectivity index (χ4n) is 3.74. The molecule has 3 N–H and O–H groups in total. The van der Waals surface area contributed by atoms with Crippen LogP contribution in [0.1, 0.15) is 42.4 Å². The molecule has 9 heteroatoms. The number of urea groups is 1. The third-order valence-electron chi connectivity index (χ3n) is 5.57. The lowest BCUT2D eigenvalue weighted by Crippen LogP contribution is -2.31. The number of rotatable bonds is 8. The highest BCUT2D eigenvalue weighted by Gasteiger charge is 2.32. The summed E-state index contributed by atoms with van der Waals surface area (Å²) in [4.78, 5) is 16.2. The lowest BCUT2D eigenvalue weighted by molar-refractivity contribution is -0.245. The number of aromatic nitrogens is 2. The molecule has 2 heterocycles. The lowest BCUT2D eigenvalue weighted by atomic mass is 10.0. The van der Waals surface area contributed by atoms with Crippen molar-refractivity contribution < 1.29 is 19.4 Å². The summed E-state index contributed by atoms with van der Waals surface area (Å²) in [6.45, 7) is 2.44. The molecule has 34 heavy (non-hydrogen) atoms. The van der Waals surface area contributed by atoms with Gasteiger partial charge >= 0.3 is 6.03 Å². The van der Waals surface area contributed by atoms with Gasteiger partial charge < -0.3 is 29.8 Å². The van der Waals surface area contributed by atoms with Crippen LogP contribution in [-0.2, 0) is 23.1 Å². The predicted molar refractivity (Wildman–Crippen MR) is 131 cm³/mol. The molecular formula is C25H30N4O4S. The SMILES string of the molecule is CCNC(=O)Nc1ccc([C@@H]2O[C@H](CSc3nccn3C)C[C@H](c3ccc(CO)cc3)O2)cc1. The smallest absolute Gasteiger partial charge is 0.319 e. The van der Waals surface area contributed by atoms with E-state index in [4.69, 9.17) is 9.47 Å². The summed E-state index contributed by atoms with van der Waals surface area (Å²) in [5.74, 6) is 0.743. The number of amides is 2. The Labute approximate surface area is 203 Å². The van der Waals surface area contributed by atoms with E-state index in [0.717, 1.165) is 27.6 Å². The first-order chi connectivity index (χ1) is 16.6. The molecule has 0 bridgehead atoms. The number of carbonyl (C=O) groups excluding carboxylic acids is 1. The Hall–Kier alpha value is -2.85. The van der Waals surface area contributed by atoms with Gasteiger partial charge in [0.15, 0.2) is 11.4 Å². The third-order valence-corrected chi connectivity index (χ3v) is 6.76. The van der Waals surface area contributed by atoms with E-state index < -0.39 is 6.29 Å². The topological polar surface area (TPSA) is 97.6 Å². The molecule has 0 spiro atoms. The number of aliphatic hydroxyl groups excluding tert-OH is 1. The van der Waals surface area contributed by atoms with E-state index >= 15 is 0 Å². The standard InChI is InChI=1S/C25H30N4O4S/c1-3-26-24(31)28-20-10-8-19(9-11-20)23-32-21(16-34-25-27-12-13-29(25)2)14-22(33-23)18-6-4-17(15-30)5-7-18/h4-13,21-23,30H,3,14-16H2,1-2H3,(H2,26,28,31)/t21-,22+,23+/m0/s1. The van der Waals surface area contributed by atoms with Crippen LogP contribution >= 0.6 is 11.8 Å². The van der Waals surface area contributed by atoms with Crippen LogP contribution in [0.5, 0.6) is 0 Å². The highest BCUT2D eigenvalue weighted by Crippen LogP contribution is 2.39. The number of imidazole rings is 1. The number of benzene rings is 2. The number of anilines is 1. The number of nitrogens with one attached hydrogen (secondary N) is 2. The van der Waals surface area contributed by atoms with E-state index in [0.29, 0.717) is 18.7 Å². The van der Waals surface area contributed by atoms with Crippen molar-refractivity contribution in [1.82, 2.24) is 14.9 Å². The van der Waals surface area contributed by atoms with Gasteiger partial charge in [0.25, 0.3) is 0 Å². The molecule has 4 rings (SSSR count). The van der Waals surface area contributed by atoms with Gasteiger partial charge in [-0.1, -0.05) is 48.2 Å². The number of nitrogens with zero attached hydrogens (tertiary/aromatic N) is 2. The summed E-state index contributed by atoms with van der Waals surface area (Å²) < 4.78 is 14.7. The molecule has 3 atom stereocenters. The molecule has 0 unspecified atom stereocenters. The Bertz CT molecular complexity index is 1070. The highest BCUT2D eigenvalue weighted by molar-refractivity contribution is 7.99. The molecule has 0 saturated carbocycles. The molecule has 2 amide bonds. The molecule has 1 fully saturated rings. The number of aliphatic hydroxyl groups is 1. The second-order valence-corrected chi connectivity index (χ2v) is 9.08. The molecule has 180 valence electrons. The highest BCUT2D eigenvalue weighted by atomic mass is 32.2. The van der Waals surface area contributed by atoms with Gasteiger partial charge in [-0.25, -0.2) is 9.78 Å². The van der Waals surface area contributed by atoms with Gasteiger partial charge in [-0.2, -0.15) is 0 Å². The number of hydrogen-bond donors (Lipinski definition) is 3. The summed E-state index contributed by atoms with van der Waals surface area (Å²) in [7, 11) is 1.98. The van der Waals surface area contributed by atoms with Crippen molar-refractivity contribution in [2.75, 3.05) is 17.6 Å². The Balaban J connectivity index is 1.50. The molecule has 1 aromatic heterocycles. The zero-order chi connectivity index (χ0) is 23.9. The van der Waals surface area contributed by atoms with E-state index in [1.807, 2.05) is 73.3 Å². The van der Waals surface area contributed by atoms with Crippen molar-refractivity contribution in [3.05, 3.63) is 77.6 Å². The third kappa shape index (κ3) is 6.18. The summed E-state index contributed by atoms with van der Waals surface area (Å²) >= 11 is 1.66. The maximum Gasteiger partial charge on any atom is 0.319 e. The van der Waals surface area contributed by atoms with Gasteiger partial charge in [-0.15, -0.1) is 0 Å². The minimum Gasteiger partial charge on any atom is -0.392 e. The summed E-state index contributed by atoms with van der Waals surface area (Å²) in [6, 6.07) is 15.1. The van der Waals surface area contributed by atoms with Crippen molar-refractivity contribution in [3.63, 3.8) is 0 Å². The lowest BCUT2D eigenvalue weighted by Gasteiger charge is -2.36. The Morgan fingerprint density at radius 3 is 2.53 bits per heavy atom. The second kappa shape index (κ2) is 11.5. The number of ether oxygens (including phenoxy) is 2. The van der Waals surface area contributed by atoms with Crippen molar-refractivity contribution >= 4 is 23.5 Å². The van der Waals surface area contributed by atoms with Gasteiger partial charge in [0.05, 0.1) is 18.8 Å². The van der Waals surface area contributed by atoms with Crippen molar-refractivity contribution in [2.45, 2.75) is 43.6 Å². The van der Waals surface area contributed by atoms with E-state index in [1.54, 1.807) is 18.0 Å². The largest absolute Gasteiger partial charge is 0.392 e. The molecule has 3 aromatic rings. The van der Waals surface area contributed by atoms with Crippen LogP contribution in [0.3, 0.4) is 0 Å². The first-order valence-electron chi connectivity index (χ1n) is 11.3. The van der Waals surface area contributed by atoms with E-state index in [9.17, 15) is 9.90 Å². The molecule has 2 aromatic carbocycles. The maximum absolute atomic E-state index is 11.8. The Kier molecular flexibility index (Phi) is 8.23. The summed E-state index contributed by atoms with van der Waals surface area (Å²) in [5.41, 5.74) is 3.49. The van der Waals surface area contributed by atoms with Crippen LogP contribution in [0, 0.1) is 0 Å². The normalized spacial score (nSPS) is 20.1. The van der Waals surface area contributed by atoms with E-state index in [1.165, 1.54) is 0 Å². The molecule has 1 saturated heterocycles. The fraction of sp³-hybridized carbons (Fsp3) is 0.360. The maximum atomic E-state index is 11.8. The number of carbonyl (C=O) groups is 1. The molecule has 0 aliphatic carbocycles. The zero-order valence-corrected chi connectivity index (χ0v) is 20.1. The van der Waals surface area contributed by atoms with Gasteiger partial charge in [0, 0.05) is 49.4 Å². The van der Waals surface area contributed by atoms with Crippen LogP contribution in [0.25, 0.3) is 0 Å². The average Bonchev–Trinajstić information content (AvgIpc) is 3.28. The van der Waals surface area contributed by atoms with Crippen LogP contribution in [-0.4, -0.2) is 39.1 Å². The van der Waals surface area contributed by atoms with Crippen LogP contribution in [0.2, 0.25) is 0 Å². The quantitative estimate of drug-likeness (QED) is 0.412. The van der Waals surface area contributed by atoms with Crippen LogP contribution < -0.4 is 10.6 Å². The zero-order valence-electron chi connectivity index (χ0n) is 19.3. The van der Waals surface area contributed by atoms with Crippen molar-refractivity contribution in [3.8, 4) is 0 Å². The summed E-state index contributed by atoms with van der Waals surface area (Å²) in [6.07, 6.45) is 3.70. The second-order valence-electron chi connectivity index (χ2n) is 8.09. The Morgan fingerprint density at radius 1 is 1.15 bits per heavy atom. The van der Waals surface area contributed by atoms with Crippen LogP contribution in [0.4, 0.5) is 10.5 Å². The number of hydrogen-bond acceptors (Lipinski definition) is 6. The molecular weight excluding hydrogens is 452 g/mol. The molecule has 8 nitrogen and oxygen atoms in total.